The number of amides is 1. The minimum Gasteiger partial charge on any atom is -0.494 e. The summed E-state index contributed by atoms with van der Waals surface area (Å²) in [5.41, 5.74) is 2.08. The fraction of sp³-hybridized carbons (Fsp3) is 0.409. The summed E-state index contributed by atoms with van der Waals surface area (Å²) in [6.07, 6.45) is 1.96. The Balaban J connectivity index is 1.64. The van der Waals surface area contributed by atoms with Crippen LogP contribution in [0.1, 0.15) is 13.3 Å². The maximum absolute atomic E-state index is 12.6. The van der Waals surface area contributed by atoms with E-state index in [2.05, 4.69) is 10.2 Å². The monoisotopic (exact) mass is 447 g/mol. The van der Waals surface area contributed by atoms with E-state index in [1.54, 1.807) is 24.3 Å². The van der Waals surface area contributed by atoms with Crippen LogP contribution < -0.4 is 19.3 Å². The molecule has 0 unspecified atom stereocenters. The molecule has 0 bridgehead atoms. The van der Waals surface area contributed by atoms with Gasteiger partial charge in [-0.2, -0.15) is 0 Å². The van der Waals surface area contributed by atoms with Crippen LogP contribution in [0.15, 0.2) is 48.5 Å². The van der Waals surface area contributed by atoms with Crippen molar-refractivity contribution in [2.75, 3.05) is 60.2 Å². The minimum absolute atomic E-state index is 0.320. The number of carbonyl (C=O) groups is 1. The van der Waals surface area contributed by atoms with Crippen molar-refractivity contribution in [3.05, 3.63) is 48.5 Å². The topological polar surface area (TPSA) is 88.2 Å². The molecule has 168 valence electrons. The molecule has 0 aromatic heterocycles. The number of hydrogen-bond acceptors (Lipinski definition) is 6. The van der Waals surface area contributed by atoms with Gasteiger partial charge < -0.3 is 19.7 Å². The van der Waals surface area contributed by atoms with Gasteiger partial charge in [-0.3, -0.25) is 9.10 Å². The first kappa shape index (κ1) is 22.9. The molecule has 0 aliphatic carbocycles. The Bertz CT molecular complexity index is 956. The number of nitrogens with zero attached hydrogens (tertiary/aromatic N) is 2. The summed E-state index contributed by atoms with van der Waals surface area (Å²) in [4.78, 5) is 14.8. The molecular formula is C22H29N3O5S. The molecular weight excluding hydrogens is 418 g/mol. The molecule has 2 aromatic rings. The molecule has 1 aliphatic rings. The maximum atomic E-state index is 12.6. The van der Waals surface area contributed by atoms with E-state index in [1.165, 1.54) is 0 Å². The Morgan fingerprint density at radius 2 is 1.74 bits per heavy atom. The van der Waals surface area contributed by atoms with E-state index in [9.17, 15) is 13.2 Å². The van der Waals surface area contributed by atoms with Gasteiger partial charge >= 0.3 is 0 Å². The zero-order valence-corrected chi connectivity index (χ0v) is 18.7. The number of morpholine rings is 1. The third-order valence-corrected chi connectivity index (χ3v) is 5.95. The zero-order chi connectivity index (χ0) is 22.3. The Kier molecular flexibility index (Phi) is 7.75. The molecule has 1 amide bonds. The summed E-state index contributed by atoms with van der Waals surface area (Å²) in [5.74, 6) is 0.236. The maximum Gasteiger partial charge on any atom is 0.245 e. The molecule has 1 saturated heterocycles. The predicted octanol–water partition coefficient (Wildman–Crippen LogP) is 2.72. The highest BCUT2D eigenvalue weighted by Gasteiger charge is 2.21. The van der Waals surface area contributed by atoms with Crippen molar-refractivity contribution in [3.63, 3.8) is 0 Å². The lowest BCUT2D eigenvalue weighted by Gasteiger charge is -2.29. The smallest absolute Gasteiger partial charge is 0.245 e. The van der Waals surface area contributed by atoms with Crippen LogP contribution in [-0.2, 0) is 19.6 Å². The minimum atomic E-state index is -3.64. The van der Waals surface area contributed by atoms with Gasteiger partial charge in [-0.1, -0.05) is 6.92 Å². The Hall–Kier alpha value is -2.78. The van der Waals surface area contributed by atoms with E-state index in [0.717, 1.165) is 35.8 Å². The molecule has 1 aliphatic heterocycles. The molecule has 0 spiro atoms. The number of benzene rings is 2. The summed E-state index contributed by atoms with van der Waals surface area (Å²) in [6, 6.07) is 14.2. The van der Waals surface area contributed by atoms with Crippen molar-refractivity contribution in [2.45, 2.75) is 13.3 Å². The van der Waals surface area contributed by atoms with Crippen molar-refractivity contribution in [3.8, 4) is 5.75 Å². The van der Waals surface area contributed by atoms with Crippen LogP contribution in [0, 0.1) is 0 Å². The third kappa shape index (κ3) is 6.60. The molecule has 31 heavy (non-hydrogen) atoms. The number of carbonyl (C=O) groups excluding carboxylic acids is 1. The first-order valence-electron chi connectivity index (χ1n) is 10.3. The predicted molar refractivity (Wildman–Crippen MR) is 123 cm³/mol. The van der Waals surface area contributed by atoms with Gasteiger partial charge in [-0.15, -0.1) is 0 Å². The lowest BCUT2D eigenvalue weighted by atomic mass is 10.2. The largest absolute Gasteiger partial charge is 0.494 e. The van der Waals surface area contributed by atoms with E-state index < -0.39 is 15.9 Å². The van der Waals surface area contributed by atoms with E-state index >= 15 is 0 Å². The van der Waals surface area contributed by atoms with Crippen molar-refractivity contribution in [1.29, 1.82) is 0 Å². The summed E-state index contributed by atoms with van der Waals surface area (Å²) in [7, 11) is -3.64. The van der Waals surface area contributed by atoms with Crippen LogP contribution in [0.2, 0.25) is 0 Å². The molecule has 1 heterocycles. The fourth-order valence-electron chi connectivity index (χ4n) is 3.24. The summed E-state index contributed by atoms with van der Waals surface area (Å²) >= 11 is 0. The van der Waals surface area contributed by atoms with Gasteiger partial charge in [0, 0.05) is 24.5 Å². The van der Waals surface area contributed by atoms with Crippen LogP contribution in [0.4, 0.5) is 17.1 Å². The highest BCUT2D eigenvalue weighted by Crippen LogP contribution is 2.23. The van der Waals surface area contributed by atoms with Gasteiger partial charge in [0.05, 0.1) is 31.8 Å². The van der Waals surface area contributed by atoms with Crippen molar-refractivity contribution >= 4 is 33.0 Å². The van der Waals surface area contributed by atoms with Crippen LogP contribution in [0.25, 0.3) is 0 Å². The average molecular weight is 448 g/mol. The third-order valence-electron chi connectivity index (χ3n) is 4.81. The number of nitrogens with one attached hydrogen (secondary N) is 1. The molecule has 1 fully saturated rings. The zero-order valence-electron chi connectivity index (χ0n) is 17.9. The highest BCUT2D eigenvalue weighted by atomic mass is 32.2. The second-order valence-corrected chi connectivity index (χ2v) is 9.21. The van der Waals surface area contributed by atoms with Gasteiger partial charge in [0.1, 0.15) is 12.3 Å². The highest BCUT2D eigenvalue weighted by molar-refractivity contribution is 7.92. The second kappa shape index (κ2) is 10.5. The van der Waals surface area contributed by atoms with Crippen LogP contribution in [0.5, 0.6) is 5.75 Å². The summed E-state index contributed by atoms with van der Waals surface area (Å²) < 4.78 is 36.6. The number of ether oxygens (including phenoxy) is 2. The van der Waals surface area contributed by atoms with Crippen molar-refractivity contribution < 1.29 is 22.7 Å². The number of sulfonamides is 1. The second-order valence-electron chi connectivity index (χ2n) is 7.31. The Labute approximate surface area is 183 Å². The average Bonchev–Trinajstić information content (AvgIpc) is 2.77. The van der Waals surface area contributed by atoms with Gasteiger partial charge in [0.15, 0.2) is 0 Å². The first-order chi connectivity index (χ1) is 14.9. The van der Waals surface area contributed by atoms with Gasteiger partial charge in [0.25, 0.3) is 0 Å². The molecule has 1 N–H and O–H groups in total. The standard InChI is InChI=1S/C22H29N3O5S/c1-3-14-30-21-10-8-20(9-11-21)25(31(2,27)28)17-22(26)23-18-4-6-19(7-5-18)24-12-15-29-16-13-24/h4-11H,3,12-17H2,1-2H3,(H,23,26). The molecule has 0 saturated carbocycles. The van der Waals surface area contributed by atoms with Crippen LogP contribution in [0.3, 0.4) is 0 Å². The molecule has 8 nitrogen and oxygen atoms in total. The normalized spacial score (nSPS) is 14.2. The molecule has 3 rings (SSSR count). The number of hydrogen-bond donors (Lipinski definition) is 1. The van der Waals surface area contributed by atoms with E-state index in [4.69, 9.17) is 9.47 Å². The van der Waals surface area contributed by atoms with E-state index in [-0.39, 0.29) is 6.54 Å². The van der Waals surface area contributed by atoms with Gasteiger partial charge in [0.2, 0.25) is 15.9 Å². The summed E-state index contributed by atoms with van der Waals surface area (Å²) in [5, 5.41) is 2.77. The van der Waals surface area contributed by atoms with Gasteiger partial charge in [-0.25, -0.2) is 8.42 Å². The fourth-order valence-corrected chi connectivity index (χ4v) is 4.09. The molecule has 0 radical (unpaired) electrons. The number of rotatable bonds is 9. The lowest BCUT2D eigenvalue weighted by Crippen LogP contribution is -2.37. The van der Waals surface area contributed by atoms with Crippen molar-refractivity contribution in [1.82, 2.24) is 0 Å². The first-order valence-corrected chi connectivity index (χ1v) is 12.1. The Morgan fingerprint density at radius 3 is 2.32 bits per heavy atom. The van der Waals surface area contributed by atoms with Gasteiger partial charge in [-0.05, 0) is 55.0 Å². The summed E-state index contributed by atoms with van der Waals surface area (Å²) in [6.45, 7) is 5.33. The van der Waals surface area contributed by atoms with Crippen molar-refractivity contribution in [2.24, 2.45) is 0 Å². The SMILES string of the molecule is CCCOc1ccc(N(CC(=O)Nc2ccc(N3CCOCC3)cc2)S(C)(=O)=O)cc1. The molecule has 9 heteroatoms. The number of anilines is 3. The van der Waals surface area contributed by atoms with E-state index in [1.807, 2.05) is 31.2 Å². The molecule has 2 aromatic carbocycles. The molecule has 0 atom stereocenters. The lowest BCUT2D eigenvalue weighted by molar-refractivity contribution is -0.114. The van der Waals surface area contributed by atoms with Crippen LogP contribution >= 0.6 is 0 Å². The van der Waals surface area contributed by atoms with E-state index in [0.29, 0.717) is 36.9 Å². The van der Waals surface area contributed by atoms with Crippen LogP contribution in [-0.4, -0.2) is 60.0 Å². The quantitative estimate of drug-likeness (QED) is 0.636. The Morgan fingerprint density at radius 1 is 1.10 bits per heavy atom.